The van der Waals surface area contributed by atoms with Crippen molar-refractivity contribution in [2.24, 2.45) is 0 Å². The number of aromatic nitrogens is 1. The number of aryl methyl sites for hydroxylation is 1. The number of nitrogens with zero attached hydrogens (tertiary/aromatic N) is 3. The number of anilines is 1. The maximum absolute atomic E-state index is 12.1. The van der Waals surface area contributed by atoms with Crippen LogP contribution in [-0.2, 0) is 13.0 Å². The van der Waals surface area contributed by atoms with Crippen molar-refractivity contribution in [1.29, 1.82) is 0 Å². The van der Waals surface area contributed by atoms with Gasteiger partial charge in [0.25, 0.3) is 5.69 Å². The van der Waals surface area contributed by atoms with Gasteiger partial charge in [0.05, 0.1) is 11.5 Å². The van der Waals surface area contributed by atoms with Gasteiger partial charge < -0.3 is 10.2 Å². The average Bonchev–Trinajstić information content (AvgIpc) is 2.99. The Labute approximate surface area is 131 Å². The van der Waals surface area contributed by atoms with Crippen LogP contribution in [-0.4, -0.2) is 27.9 Å². The highest BCUT2D eigenvalue weighted by Gasteiger charge is 2.16. The topological polar surface area (TPSA) is 88.4 Å². The number of nitrogens with one attached hydrogen (secondary N) is 1. The van der Waals surface area contributed by atoms with Gasteiger partial charge in [0.1, 0.15) is 5.01 Å². The maximum Gasteiger partial charge on any atom is 0.321 e. The summed E-state index contributed by atoms with van der Waals surface area (Å²) in [5, 5.41) is 16.4. The van der Waals surface area contributed by atoms with Crippen molar-refractivity contribution in [2.45, 2.75) is 19.9 Å². The van der Waals surface area contributed by atoms with Gasteiger partial charge in [-0.2, -0.15) is 0 Å². The molecule has 0 unspecified atom stereocenters. The highest BCUT2D eigenvalue weighted by Crippen LogP contribution is 2.24. The number of nitro benzene ring substituents is 1. The normalized spacial score (nSPS) is 10.3. The summed E-state index contributed by atoms with van der Waals surface area (Å²) in [6.07, 6.45) is 2.24. The third kappa shape index (κ3) is 3.79. The summed E-state index contributed by atoms with van der Waals surface area (Å²) in [5.74, 6) is 0. The fraction of sp³-hybridized carbons (Fsp3) is 0.286. The number of carbonyl (C=O) groups is 1. The lowest BCUT2D eigenvalue weighted by molar-refractivity contribution is -0.385. The molecule has 0 aliphatic heterocycles. The first-order valence-corrected chi connectivity index (χ1v) is 7.57. The third-order valence-corrected chi connectivity index (χ3v) is 3.88. The standard InChI is InChI=1S/C14H16N4O3S/c1-3-10-4-5-11(8-12(10)18(20)21)16-14(19)17(2)9-13-15-6-7-22-13/h4-8H,3,9H2,1-2H3,(H,16,19). The second-order valence-corrected chi connectivity index (χ2v) is 5.65. The molecule has 22 heavy (non-hydrogen) atoms. The first-order valence-electron chi connectivity index (χ1n) is 6.69. The summed E-state index contributed by atoms with van der Waals surface area (Å²) in [4.78, 5) is 28.3. The maximum atomic E-state index is 12.1. The molecular weight excluding hydrogens is 304 g/mol. The molecule has 1 aromatic carbocycles. The number of hydrogen-bond donors (Lipinski definition) is 1. The highest BCUT2D eigenvalue weighted by atomic mass is 32.1. The van der Waals surface area contributed by atoms with Crippen LogP contribution in [0.15, 0.2) is 29.8 Å². The van der Waals surface area contributed by atoms with Gasteiger partial charge in [0.15, 0.2) is 0 Å². The molecule has 0 spiro atoms. The number of benzene rings is 1. The molecule has 8 heteroatoms. The van der Waals surface area contributed by atoms with Gasteiger partial charge in [0, 0.05) is 35.9 Å². The Hall–Kier alpha value is -2.48. The number of amides is 2. The van der Waals surface area contributed by atoms with Crippen LogP contribution in [0.1, 0.15) is 17.5 Å². The molecule has 0 radical (unpaired) electrons. The van der Waals surface area contributed by atoms with Crippen LogP contribution in [0.3, 0.4) is 0 Å². The minimum absolute atomic E-state index is 0.0166. The van der Waals surface area contributed by atoms with Crippen molar-refractivity contribution in [3.8, 4) is 0 Å². The van der Waals surface area contributed by atoms with E-state index in [4.69, 9.17) is 0 Å². The molecule has 0 saturated carbocycles. The van der Waals surface area contributed by atoms with Gasteiger partial charge in [0.2, 0.25) is 0 Å². The smallest absolute Gasteiger partial charge is 0.321 e. The van der Waals surface area contributed by atoms with Gasteiger partial charge in [-0.25, -0.2) is 9.78 Å². The molecular formula is C14H16N4O3S. The first-order chi connectivity index (χ1) is 10.5. The lowest BCUT2D eigenvalue weighted by Crippen LogP contribution is -2.30. The molecule has 2 amide bonds. The molecule has 0 fully saturated rings. The van der Waals surface area contributed by atoms with Crippen LogP contribution in [0.2, 0.25) is 0 Å². The molecule has 2 aromatic rings. The first kappa shape index (κ1) is 15.9. The summed E-state index contributed by atoms with van der Waals surface area (Å²) in [7, 11) is 1.64. The van der Waals surface area contributed by atoms with E-state index in [1.807, 2.05) is 12.3 Å². The van der Waals surface area contributed by atoms with Gasteiger partial charge in [-0.15, -0.1) is 11.3 Å². The van der Waals surface area contributed by atoms with Crippen LogP contribution in [0.5, 0.6) is 0 Å². The number of urea groups is 1. The number of hydrogen-bond acceptors (Lipinski definition) is 5. The van der Waals surface area contributed by atoms with E-state index < -0.39 is 4.92 Å². The van der Waals surface area contributed by atoms with E-state index in [-0.39, 0.29) is 11.7 Å². The number of carbonyl (C=O) groups excluding carboxylic acids is 1. The van der Waals surface area contributed by atoms with Crippen LogP contribution in [0.4, 0.5) is 16.2 Å². The third-order valence-electron chi connectivity index (χ3n) is 3.12. The van der Waals surface area contributed by atoms with Gasteiger partial charge in [-0.05, 0) is 12.5 Å². The van der Waals surface area contributed by atoms with Crippen molar-refractivity contribution in [3.63, 3.8) is 0 Å². The van der Waals surface area contributed by atoms with Crippen molar-refractivity contribution in [1.82, 2.24) is 9.88 Å². The molecule has 1 aromatic heterocycles. The second kappa shape index (κ2) is 6.99. The predicted octanol–water partition coefficient (Wildman–Crippen LogP) is 3.28. The fourth-order valence-electron chi connectivity index (χ4n) is 1.94. The fourth-order valence-corrected chi connectivity index (χ4v) is 2.60. The molecule has 0 aliphatic carbocycles. The Morgan fingerprint density at radius 1 is 1.50 bits per heavy atom. The Balaban J connectivity index is 2.08. The molecule has 7 nitrogen and oxygen atoms in total. The SMILES string of the molecule is CCc1ccc(NC(=O)N(C)Cc2nccs2)cc1[N+](=O)[O-]. The Bertz CT molecular complexity index is 673. The molecule has 2 rings (SSSR count). The largest absolute Gasteiger partial charge is 0.321 e. The number of thiazole rings is 1. The highest BCUT2D eigenvalue weighted by molar-refractivity contribution is 7.09. The predicted molar refractivity (Wildman–Crippen MR) is 85.1 cm³/mol. The molecule has 116 valence electrons. The molecule has 0 atom stereocenters. The summed E-state index contributed by atoms with van der Waals surface area (Å²) in [6.45, 7) is 2.24. The van der Waals surface area contributed by atoms with Gasteiger partial charge >= 0.3 is 6.03 Å². The van der Waals surface area contributed by atoms with Crippen molar-refractivity contribution in [3.05, 3.63) is 50.5 Å². The van der Waals surface area contributed by atoms with E-state index in [1.165, 1.54) is 22.3 Å². The minimum Gasteiger partial charge on any atom is -0.321 e. The minimum atomic E-state index is -0.437. The number of rotatable bonds is 5. The summed E-state index contributed by atoms with van der Waals surface area (Å²) in [5.41, 5.74) is 1.06. The van der Waals surface area contributed by atoms with Crippen LogP contribution in [0.25, 0.3) is 0 Å². The van der Waals surface area contributed by atoms with Crippen LogP contribution >= 0.6 is 11.3 Å². The zero-order chi connectivity index (χ0) is 16.1. The van der Waals surface area contributed by atoms with Crippen molar-refractivity contribution in [2.75, 3.05) is 12.4 Å². The average molecular weight is 320 g/mol. The van der Waals surface area contributed by atoms with E-state index >= 15 is 0 Å². The summed E-state index contributed by atoms with van der Waals surface area (Å²) in [6, 6.07) is 4.37. The van der Waals surface area contributed by atoms with Crippen molar-refractivity contribution < 1.29 is 9.72 Å². The van der Waals surface area contributed by atoms with Gasteiger partial charge in [-0.1, -0.05) is 13.0 Å². The molecule has 0 aliphatic rings. The van der Waals surface area contributed by atoms with E-state index in [9.17, 15) is 14.9 Å². The van der Waals surface area contributed by atoms with Gasteiger partial charge in [-0.3, -0.25) is 10.1 Å². The Morgan fingerprint density at radius 3 is 2.86 bits per heavy atom. The van der Waals surface area contributed by atoms with Crippen molar-refractivity contribution >= 4 is 28.7 Å². The number of nitro groups is 1. The van der Waals surface area contributed by atoms with Crippen LogP contribution in [0, 0.1) is 10.1 Å². The van der Waals surface area contributed by atoms with E-state index in [0.29, 0.717) is 24.2 Å². The Morgan fingerprint density at radius 2 is 2.27 bits per heavy atom. The monoisotopic (exact) mass is 320 g/mol. The van der Waals surface area contributed by atoms with E-state index in [0.717, 1.165) is 5.01 Å². The zero-order valence-electron chi connectivity index (χ0n) is 12.3. The summed E-state index contributed by atoms with van der Waals surface area (Å²) < 4.78 is 0. The quantitative estimate of drug-likeness (QED) is 0.676. The zero-order valence-corrected chi connectivity index (χ0v) is 13.1. The molecule has 1 N–H and O–H groups in total. The molecule has 0 saturated heterocycles. The second-order valence-electron chi connectivity index (χ2n) is 4.67. The Kier molecular flexibility index (Phi) is 5.05. The van der Waals surface area contributed by atoms with E-state index in [2.05, 4.69) is 10.3 Å². The lowest BCUT2D eigenvalue weighted by atomic mass is 10.1. The van der Waals surface area contributed by atoms with E-state index in [1.54, 1.807) is 25.4 Å². The summed E-state index contributed by atoms with van der Waals surface area (Å²) >= 11 is 1.46. The molecule has 0 bridgehead atoms. The lowest BCUT2D eigenvalue weighted by Gasteiger charge is -2.16. The van der Waals surface area contributed by atoms with Crippen LogP contribution < -0.4 is 5.32 Å². The molecule has 1 heterocycles.